The van der Waals surface area contributed by atoms with Crippen LogP contribution in [-0.4, -0.2) is 41.4 Å². The highest BCUT2D eigenvalue weighted by atomic mass is 32.1. The van der Waals surface area contributed by atoms with Crippen LogP contribution < -0.4 is 15.5 Å². The quantitative estimate of drug-likeness (QED) is 0.729. The molecule has 1 aliphatic heterocycles. The smallest absolute Gasteiger partial charge is 0.278 e. The van der Waals surface area contributed by atoms with E-state index < -0.39 is 0 Å². The maximum Gasteiger partial charge on any atom is 0.278 e. The summed E-state index contributed by atoms with van der Waals surface area (Å²) in [6.07, 6.45) is 2.82. The van der Waals surface area contributed by atoms with Crippen LogP contribution in [0.1, 0.15) is 10.5 Å². The van der Waals surface area contributed by atoms with Crippen molar-refractivity contribution in [2.75, 3.05) is 29.9 Å². The van der Waals surface area contributed by atoms with E-state index in [-0.39, 0.29) is 24.1 Å². The third-order valence-corrected chi connectivity index (χ3v) is 4.76. The molecule has 3 aromatic rings. The first kappa shape index (κ1) is 16.3. The first-order valence-corrected chi connectivity index (χ1v) is 8.85. The predicted octanol–water partition coefficient (Wildman–Crippen LogP) is 1.99. The molecular formula is C17H15N5O3S. The highest BCUT2D eigenvalue weighted by Gasteiger charge is 2.20. The highest BCUT2D eigenvalue weighted by molar-refractivity contribution is 7.13. The summed E-state index contributed by atoms with van der Waals surface area (Å²) in [5.74, 6) is 0.747. The molecule has 0 aliphatic carbocycles. The molecule has 26 heavy (non-hydrogen) atoms. The summed E-state index contributed by atoms with van der Waals surface area (Å²) < 4.78 is 5.35. The van der Waals surface area contributed by atoms with Crippen LogP contribution in [0.5, 0.6) is 0 Å². The van der Waals surface area contributed by atoms with Gasteiger partial charge >= 0.3 is 0 Å². The summed E-state index contributed by atoms with van der Waals surface area (Å²) >= 11 is 1.47. The second-order valence-electron chi connectivity index (χ2n) is 5.64. The van der Waals surface area contributed by atoms with Gasteiger partial charge in [0.15, 0.2) is 17.8 Å². The molecule has 9 heteroatoms. The standard InChI is InChI=1S/C17H15N5O3S/c23-14-9-22(6-5-18-14)13-4-3-11(8-19-13)21-17(24)15-16(25-10-20-15)12-2-1-7-26-12/h1-4,7-8,10H,5-6,9H2,(H,18,23)(H,21,24). The molecule has 4 heterocycles. The van der Waals surface area contributed by atoms with E-state index >= 15 is 0 Å². The zero-order valence-electron chi connectivity index (χ0n) is 13.6. The molecule has 0 aromatic carbocycles. The van der Waals surface area contributed by atoms with Gasteiger partial charge in [0, 0.05) is 13.1 Å². The Morgan fingerprint density at radius 3 is 2.96 bits per heavy atom. The normalized spacial score (nSPS) is 14.2. The van der Waals surface area contributed by atoms with Crippen LogP contribution in [0.3, 0.4) is 0 Å². The van der Waals surface area contributed by atoms with Gasteiger partial charge in [-0.05, 0) is 23.6 Å². The summed E-state index contributed by atoms with van der Waals surface area (Å²) in [4.78, 5) is 35.0. The van der Waals surface area contributed by atoms with Crippen molar-refractivity contribution in [1.29, 1.82) is 0 Å². The van der Waals surface area contributed by atoms with Crippen molar-refractivity contribution in [2.45, 2.75) is 0 Å². The van der Waals surface area contributed by atoms with Gasteiger partial charge in [0.2, 0.25) is 5.91 Å². The molecular weight excluding hydrogens is 354 g/mol. The van der Waals surface area contributed by atoms with Gasteiger partial charge in [-0.3, -0.25) is 9.59 Å². The number of aromatic nitrogens is 2. The van der Waals surface area contributed by atoms with Gasteiger partial charge in [-0.15, -0.1) is 11.3 Å². The number of hydrogen-bond donors (Lipinski definition) is 2. The number of piperazine rings is 1. The molecule has 1 fully saturated rings. The van der Waals surface area contributed by atoms with Gasteiger partial charge in [0.25, 0.3) is 5.91 Å². The average molecular weight is 369 g/mol. The maximum atomic E-state index is 12.5. The lowest BCUT2D eigenvalue weighted by molar-refractivity contribution is -0.120. The van der Waals surface area contributed by atoms with Crippen molar-refractivity contribution < 1.29 is 14.0 Å². The first-order chi connectivity index (χ1) is 12.7. The lowest BCUT2D eigenvalue weighted by Gasteiger charge is -2.27. The number of amides is 2. The van der Waals surface area contributed by atoms with Crippen LogP contribution in [0.15, 0.2) is 46.7 Å². The van der Waals surface area contributed by atoms with Crippen LogP contribution in [0.2, 0.25) is 0 Å². The molecule has 2 amide bonds. The molecule has 0 unspecified atom stereocenters. The van der Waals surface area contributed by atoms with E-state index in [1.165, 1.54) is 17.7 Å². The van der Waals surface area contributed by atoms with Gasteiger partial charge in [-0.25, -0.2) is 9.97 Å². The van der Waals surface area contributed by atoms with Crippen molar-refractivity contribution in [2.24, 2.45) is 0 Å². The number of nitrogens with one attached hydrogen (secondary N) is 2. The van der Waals surface area contributed by atoms with E-state index in [9.17, 15) is 9.59 Å². The van der Waals surface area contributed by atoms with E-state index in [1.54, 1.807) is 18.3 Å². The van der Waals surface area contributed by atoms with E-state index in [0.29, 0.717) is 30.4 Å². The first-order valence-electron chi connectivity index (χ1n) is 7.97. The number of rotatable bonds is 4. The lowest BCUT2D eigenvalue weighted by Crippen LogP contribution is -2.48. The van der Waals surface area contributed by atoms with Crippen LogP contribution >= 0.6 is 11.3 Å². The molecule has 0 atom stereocenters. The number of oxazole rings is 1. The van der Waals surface area contributed by atoms with Crippen LogP contribution in [0, 0.1) is 0 Å². The molecule has 2 N–H and O–H groups in total. The molecule has 0 spiro atoms. The molecule has 8 nitrogen and oxygen atoms in total. The zero-order chi connectivity index (χ0) is 17.9. The molecule has 3 aromatic heterocycles. The molecule has 0 saturated carbocycles. The Morgan fingerprint density at radius 2 is 2.23 bits per heavy atom. The van der Waals surface area contributed by atoms with Crippen molar-refractivity contribution in [3.05, 3.63) is 47.9 Å². The summed E-state index contributed by atoms with van der Waals surface area (Å²) in [5, 5.41) is 7.45. The Kier molecular flexibility index (Phi) is 4.36. The summed E-state index contributed by atoms with van der Waals surface area (Å²) in [7, 11) is 0. The van der Waals surface area contributed by atoms with E-state index in [1.807, 2.05) is 22.4 Å². The lowest BCUT2D eigenvalue weighted by atomic mass is 10.2. The highest BCUT2D eigenvalue weighted by Crippen LogP contribution is 2.28. The number of nitrogens with zero attached hydrogens (tertiary/aromatic N) is 3. The Morgan fingerprint density at radius 1 is 1.31 bits per heavy atom. The number of carbonyl (C=O) groups is 2. The minimum atomic E-state index is -0.367. The zero-order valence-corrected chi connectivity index (χ0v) is 14.5. The Hall–Kier alpha value is -3.20. The Bertz CT molecular complexity index is 920. The van der Waals surface area contributed by atoms with Crippen LogP contribution in [0.4, 0.5) is 11.5 Å². The summed E-state index contributed by atoms with van der Waals surface area (Å²) in [5.41, 5.74) is 0.768. The fourth-order valence-corrected chi connectivity index (χ4v) is 3.37. The Labute approximate surface area is 152 Å². The molecule has 4 rings (SSSR count). The number of pyridine rings is 1. The fraction of sp³-hybridized carbons (Fsp3) is 0.176. The SMILES string of the molecule is O=C1CN(c2ccc(NC(=O)c3ncoc3-c3cccs3)cn2)CCN1. The maximum absolute atomic E-state index is 12.5. The summed E-state index contributed by atoms with van der Waals surface area (Å²) in [6.45, 7) is 1.58. The topological polar surface area (TPSA) is 100 Å². The molecule has 1 saturated heterocycles. The number of carbonyl (C=O) groups excluding carboxylic acids is 2. The second kappa shape index (κ2) is 6.96. The third kappa shape index (κ3) is 3.29. The van der Waals surface area contributed by atoms with E-state index in [0.717, 1.165) is 4.88 Å². The van der Waals surface area contributed by atoms with Crippen molar-refractivity contribution in [3.8, 4) is 10.6 Å². The van der Waals surface area contributed by atoms with Crippen molar-refractivity contribution in [3.63, 3.8) is 0 Å². The molecule has 1 aliphatic rings. The van der Waals surface area contributed by atoms with Gasteiger partial charge < -0.3 is 20.0 Å². The monoisotopic (exact) mass is 369 g/mol. The number of thiophene rings is 1. The summed E-state index contributed by atoms with van der Waals surface area (Å²) in [6, 6.07) is 7.27. The van der Waals surface area contributed by atoms with Gasteiger partial charge in [-0.2, -0.15) is 0 Å². The van der Waals surface area contributed by atoms with Crippen LogP contribution in [0.25, 0.3) is 10.6 Å². The number of anilines is 2. The second-order valence-corrected chi connectivity index (χ2v) is 6.59. The number of hydrogen-bond acceptors (Lipinski definition) is 7. The largest absolute Gasteiger partial charge is 0.442 e. The Balaban J connectivity index is 1.47. The van der Waals surface area contributed by atoms with Crippen molar-refractivity contribution in [1.82, 2.24) is 15.3 Å². The fourth-order valence-electron chi connectivity index (χ4n) is 2.66. The van der Waals surface area contributed by atoms with Gasteiger partial charge in [0.1, 0.15) is 5.82 Å². The predicted molar refractivity (Wildman–Crippen MR) is 97.2 cm³/mol. The van der Waals surface area contributed by atoms with E-state index in [4.69, 9.17) is 4.42 Å². The van der Waals surface area contributed by atoms with Crippen molar-refractivity contribution >= 4 is 34.7 Å². The third-order valence-electron chi connectivity index (χ3n) is 3.90. The minimum absolute atomic E-state index is 0.0254. The van der Waals surface area contributed by atoms with Crippen LogP contribution in [-0.2, 0) is 4.79 Å². The molecule has 132 valence electrons. The minimum Gasteiger partial charge on any atom is -0.442 e. The molecule has 0 radical (unpaired) electrons. The van der Waals surface area contributed by atoms with E-state index in [2.05, 4.69) is 20.6 Å². The average Bonchev–Trinajstić information content (AvgIpc) is 3.33. The van der Waals surface area contributed by atoms with Gasteiger partial charge in [0.05, 0.1) is 23.3 Å². The van der Waals surface area contributed by atoms with Gasteiger partial charge in [-0.1, -0.05) is 6.07 Å². The molecule has 0 bridgehead atoms.